The lowest BCUT2D eigenvalue weighted by Gasteiger charge is -2.35. The highest BCUT2D eigenvalue weighted by molar-refractivity contribution is 7.80. The Morgan fingerprint density at radius 1 is 1.30 bits per heavy atom. The summed E-state index contributed by atoms with van der Waals surface area (Å²) in [7, 11) is 0. The molecule has 0 aliphatic heterocycles. The monoisotopic (exact) mass is 310 g/mol. The van der Waals surface area contributed by atoms with Crippen molar-refractivity contribution in [3.63, 3.8) is 0 Å². The van der Waals surface area contributed by atoms with E-state index in [9.17, 15) is 0 Å². The molecule has 1 aromatic carbocycles. The molecule has 2 nitrogen and oxygen atoms in total. The standard InChI is InChI=1S/C16H23ClN2S/c1-10-6-4-8-14(11(10)2)18-16(20)19-15-9-5-7-13(17)12(15)3/h5,7,9-11,14H,4,6,8H2,1-3H3,(H2,18,19,20)/t10-,11-,14+/m0/s1. The van der Waals surface area contributed by atoms with Crippen LogP contribution in [0.4, 0.5) is 5.69 Å². The van der Waals surface area contributed by atoms with Crippen molar-refractivity contribution in [3.05, 3.63) is 28.8 Å². The molecule has 0 unspecified atom stereocenters. The van der Waals surface area contributed by atoms with Crippen molar-refractivity contribution in [2.75, 3.05) is 5.32 Å². The van der Waals surface area contributed by atoms with E-state index in [0.29, 0.717) is 17.1 Å². The molecular formula is C16H23ClN2S. The van der Waals surface area contributed by atoms with Crippen molar-refractivity contribution >= 4 is 34.6 Å². The Hall–Kier alpha value is -0.800. The molecule has 2 rings (SSSR count). The number of rotatable bonds is 2. The van der Waals surface area contributed by atoms with Crippen LogP contribution in [-0.2, 0) is 0 Å². The summed E-state index contributed by atoms with van der Waals surface area (Å²) in [6.45, 7) is 6.64. The molecule has 0 spiro atoms. The van der Waals surface area contributed by atoms with Crippen LogP contribution in [0.1, 0.15) is 38.7 Å². The minimum Gasteiger partial charge on any atom is -0.359 e. The molecule has 4 heteroatoms. The second-order valence-electron chi connectivity index (χ2n) is 5.88. The number of benzene rings is 1. The van der Waals surface area contributed by atoms with Gasteiger partial charge in [-0.2, -0.15) is 0 Å². The zero-order valence-electron chi connectivity index (χ0n) is 12.4. The molecule has 2 N–H and O–H groups in total. The van der Waals surface area contributed by atoms with E-state index in [1.165, 1.54) is 19.3 Å². The molecule has 1 saturated carbocycles. The second-order valence-corrected chi connectivity index (χ2v) is 6.70. The molecule has 110 valence electrons. The van der Waals surface area contributed by atoms with Crippen molar-refractivity contribution in [2.24, 2.45) is 11.8 Å². The molecular weight excluding hydrogens is 288 g/mol. The van der Waals surface area contributed by atoms with Gasteiger partial charge in [0.2, 0.25) is 0 Å². The highest BCUT2D eigenvalue weighted by Crippen LogP contribution is 2.29. The van der Waals surface area contributed by atoms with Gasteiger partial charge in [-0.3, -0.25) is 0 Å². The van der Waals surface area contributed by atoms with E-state index in [-0.39, 0.29) is 0 Å². The Kier molecular flexibility index (Phi) is 5.28. The highest BCUT2D eigenvalue weighted by atomic mass is 35.5. The Morgan fingerprint density at radius 2 is 2.05 bits per heavy atom. The Labute approximate surface area is 132 Å². The van der Waals surface area contributed by atoms with Gasteiger partial charge in [0.15, 0.2) is 5.11 Å². The van der Waals surface area contributed by atoms with Gasteiger partial charge in [0.05, 0.1) is 0 Å². The summed E-state index contributed by atoms with van der Waals surface area (Å²) in [6.07, 6.45) is 3.80. The first-order chi connectivity index (χ1) is 9.49. The van der Waals surface area contributed by atoms with E-state index >= 15 is 0 Å². The van der Waals surface area contributed by atoms with Crippen LogP contribution in [0.5, 0.6) is 0 Å². The first-order valence-electron chi connectivity index (χ1n) is 7.31. The van der Waals surface area contributed by atoms with Crippen LogP contribution in [0.15, 0.2) is 18.2 Å². The topological polar surface area (TPSA) is 24.1 Å². The summed E-state index contributed by atoms with van der Waals surface area (Å²) < 4.78 is 0. The van der Waals surface area contributed by atoms with Crippen LogP contribution in [0, 0.1) is 18.8 Å². The summed E-state index contributed by atoms with van der Waals surface area (Å²) in [6, 6.07) is 6.30. The van der Waals surface area contributed by atoms with Gasteiger partial charge in [0, 0.05) is 16.8 Å². The molecule has 0 radical (unpaired) electrons. The first-order valence-corrected chi connectivity index (χ1v) is 8.10. The van der Waals surface area contributed by atoms with E-state index in [0.717, 1.165) is 22.2 Å². The predicted molar refractivity (Wildman–Crippen MR) is 91.5 cm³/mol. The number of halogens is 1. The molecule has 0 amide bonds. The maximum absolute atomic E-state index is 6.13. The first kappa shape index (κ1) is 15.6. The van der Waals surface area contributed by atoms with E-state index < -0.39 is 0 Å². The van der Waals surface area contributed by atoms with Crippen molar-refractivity contribution < 1.29 is 0 Å². The number of hydrogen-bond donors (Lipinski definition) is 2. The van der Waals surface area contributed by atoms with Gasteiger partial charge in [-0.1, -0.05) is 44.4 Å². The highest BCUT2D eigenvalue weighted by Gasteiger charge is 2.27. The van der Waals surface area contributed by atoms with Gasteiger partial charge in [-0.05, 0) is 55.1 Å². The molecule has 0 heterocycles. The third kappa shape index (κ3) is 3.64. The van der Waals surface area contributed by atoms with E-state index in [1.54, 1.807) is 0 Å². The summed E-state index contributed by atoms with van der Waals surface area (Å²) in [5.41, 5.74) is 2.01. The normalized spacial score (nSPS) is 26.1. The van der Waals surface area contributed by atoms with Crippen LogP contribution in [-0.4, -0.2) is 11.2 Å². The third-order valence-electron chi connectivity index (χ3n) is 4.54. The van der Waals surface area contributed by atoms with Gasteiger partial charge in [0.25, 0.3) is 0 Å². The van der Waals surface area contributed by atoms with Gasteiger partial charge in [0.1, 0.15) is 0 Å². The maximum Gasteiger partial charge on any atom is 0.171 e. The molecule has 1 aromatic rings. The SMILES string of the molecule is Cc1c(Cl)cccc1NC(=S)N[C@@H]1CCC[C@H](C)[C@@H]1C. The van der Waals surface area contributed by atoms with Crippen LogP contribution < -0.4 is 10.6 Å². The summed E-state index contributed by atoms with van der Waals surface area (Å²) in [5, 5.41) is 8.20. The van der Waals surface area contributed by atoms with Crippen molar-refractivity contribution in [2.45, 2.75) is 46.1 Å². The number of hydrogen-bond acceptors (Lipinski definition) is 1. The molecule has 0 aromatic heterocycles. The minimum atomic E-state index is 0.471. The van der Waals surface area contributed by atoms with E-state index in [1.807, 2.05) is 25.1 Å². The quantitative estimate of drug-likeness (QED) is 0.770. The third-order valence-corrected chi connectivity index (χ3v) is 5.17. The number of anilines is 1. The number of thiocarbonyl (C=S) groups is 1. The zero-order chi connectivity index (χ0) is 14.7. The smallest absolute Gasteiger partial charge is 0.171 e. The van der Waals surface area contributed by atoms with Crippen LogP contribution >= 0.6 is 23.8 Å². The van der Waals surface area contributed by atoms with Crippen LogP contribution in [0.3, 0.4) is 0 Å². The molecule has 0 bridgehead atoms. The lowest BCUT2D eigenvalue weighted by Crippen LogP contribution is -2.45. The largest absolute Gasteiger partial charge is 0.359 e. The van der Waals surface area contributed by atoms with Crippen LogP contribution in [0.2, 0.25) is 5.02 Å². The van der Waals surface area contributed by atoms with Crippen molar-refractivity contribution in [1.82, 2.24) is 5.32 Å². The van der Waals surface area contributed by atoms with E-state index in [2.05, 4.69) is 24.5 Å². The summed E-state index contributed by atoms with van der Waals surface area (Å²) in [5.74, 6) is 1.42. The average Bonchev–Trinajstić information content (AvgIpc) is 2.40. The van der Waals surface area contributed by atoms with Crippen molar-refractivity contribution in [1.29, 1.82) is 0 Å². The van der Waals surface area contributed by atoms with E-state index in [4.69, 9.17) is 23.8 Å². The Bertz CT molecular complexity index is 489. The zero-order valence-corrected chi connectivity index (χ0v) is 13.9. The Balaban J connectivity index is 1.97. The second kappa shape index (κ2) is 6.77. The average molecular weight is 311 g/mol. The molecule has 1 fully saturated rings. The lowest BCUT2D eigenvalue weighted by molar-refractivity contribution is 0.225. The van der Waals surface area contributed by atoms with Gasteiger partial charge >= 0.3 is 0 Å². The van der Waals surface area contributed by atoms with Gasteiger partial charge in [-0.25, -0.2) is 0 Å². The lowest BCUT2D eigenvalue weighted by atomic mass is 9.78. The fourth-order valence-corrected chi connectivity index (χ4v) is 3.29. The van der Waals surface area contributed by atoms with Gasteiger partial charge < -0.3 is 10.6 Å². The molecule has 1 aliphatic carbocycles. The van der Waals surface area contributed by atoms with Gasteiger partial charge in [-0.15, -0.1) is 0 Å². The summed E-state index contributed by atoms with van der Waals surface area (Å²) >= 11 is 11.6. The summed E-state index contributed by atoms with van der Waals surface area (Å²) in [4.78, 5) is 0. The Morgan fingerprint density at radius 3 is 2.80 bits per heavy atom. The minimum absolute atomic E-state index is 0.471. The van der Waals surface area contributed by atoms with Crippen molar-refractivity contribution in [3.8, 4) is 0 Å². The fraction of sp³-hybridized carbons (Fsp3) is 0.562. The molecule has 3 atom stereocenters. The fourth-order valence-electron chi connectivity index (χ4n) is 2.86. The molecule has 0 saturated heterocycles. The predicted octanol–water partition coefficient (Wildman–Crippen LogP) is 4.76. The maximum atomic E-state index is 6.13. The molecule has 1 aliphatic rings. The number of nitrogens with one attached hydrogen (secondary N) is 2. The van der Waals surface area contributed by atoms with Crippen LogP contribution in [0.25, 0.3) is 0 Å². The molecule has 20 heavy (non-hydrogen) atoms.